The van der Waals surface area contributed by atoms with Gasteiger partial charge < -0.3 is 19.9 Å². The molecule has 142 valence electrons. The highest BCUT2D eigenvalue weighted by Gasteiger charge is 2.22. The molecule has 0 saturated carbocycles. The fourth-order valence-electron chi connectivity index (χ4n) is 3.11. The highest BCUT2D eigenvalue weighted by atomic mass is 79.9. The number of aromatic nitrogens is 1. The van der Waals surface area contributed by atoms with Crippen LogP contribution >= 0.6 is 15.9 Å². The van der Waals surface area contributed by atoms with Gasteiger partial charge in [0.05, 0.1) is 31.7 Å². The summed E-state index contributed by atoms with van der Waals surface area (Å²) in [5.74, 6) is -0.780. The Balaban J connectivity index is 2.42. The number of nitrogens with zero attached hydrogens (tertiary/aromatic N) is 1. The molecule has 0 aliphatic carbocycles. The van der Waals surface area contributed by atoms with Crippen LogP contribution in [-0.4, -0.2) is 41.8 Å². The van der Waals surface area contributed by atoms with Crippen LogP contribution in [0.3, 0.4) is 0 Å². The molecule has 3 N–H and O–H groups in total. The van der Waals surface area contributed by atoms with Crippen molar-refractivity contribution in [3.63, 3.8) is 0 Å². The highest BCUT2D eigenvalue weighted by molar-refractivity contribution is 9.10. The lowest BCUT2D eigenvalue weighted by atomic mass is 10.1. The summed E-state index contributed by atoms with van der Waals surface area (Å²) in [6.07, 6.45) is 0.752. The normalized spacial score (nSPS) is 11.3. The number of likely N-dealkylation sites (N-methyl/N-ethyl adjacent to an activating group) is 1. The van der Waals surface area contributed by atoms with Crippen LogP contribution in [0.25, 0.3) is 10.9 Å². The van der Waals surface area contributed by atoms with Crippen molar-refractivity contribution in [3.8, 4) is 5.75 Å². The largest absolute Gasteiger partial charge is 0.506 e. The number of hydrogen-bond acceptors (Lipinski definition) is 3. The Labute approximate surface area is 161 Å². The lowest BCUT2D eigenvalue weighted by Crippen LogP contribution is -3.12. The van der Waals surface area contributed by atoms with Gasteiger partial charge in [0.15, 0.2) is 0 Å². The topological polar surface area (TPSA) is 75.8 Å². The van der Waals surface area contributed by atoms with Crippen LogP contribution in [-0.2, 0) is 6.54 Å². The average Bonchev–Trinajstić information content (AvgIpc) is 2.62. The smallest absolute Gasteiger partial charge is 0.267 e. The Morgan fingerprint density at radius 1 is 1.27 bits per heavy atom. The van der Waals surface area contributed by atoms with Crippen LogP contribution in [0.4, 0.5) is 0 Å². The number of carbonyl (C=O) groups excluding carboxylic acids is 1. The number of carbonyl (C=O) groups is 1. The molecule has 1 amide bonds. The first-order valence-corrected chi connectivity index (χ1v) is 9.90. The van der Waals surface area contributed by atoms with E-state index >= 15 is 0 Å². The molecule has 2 aromatic rings. The molecule has 0 fully saturated rings. The van der Waals surface area contributed by atoms with Crippen LogP contribution in [0.5, 0.6) is 5.75 Å². The first-order chi connectivity index (χ1) is 12.4. The molecule has 0 spiro atoms. The number of nitrogens with one attached hydrogen (secondary N) is 2. The molecule has 1 heterocycles. The number of halogens is 1. The highest BCUT2D eigenvalue weighted by Crippen LogP contribution is 2.29. The minimum atomic E-state index is -0.522. The Morgan fingerprint density at radius 2 is 1.96 bits per heavy atom. The molecule has 2 rings (SSSR count). The number of fused-ring (bicyclic) bond motifs is 1. The summed E-state index contributed by atoms with van der Waals surface area (Å²) >= 11 is 3.38. The van der Waals surface area contributed by atoms with E-state index in [1.165, 1.54) is 4.90 Å². The zero-order valence-electron chi connectivity index (χ0n) is 15.6. The van der Waals surface area contributed by atoms with Crippen LogP contribution in [0.15, 0.2) is 27.5 Å². The maximum absolute atomic E-state index is 12.9. The van der Waals surface area contributed by atoms with Gasteiger partial charge in [0.2, 0.25) is 0 Å². The van der Waals surface area contributed by atoms with E-state index in [2.05, 4.69) is 35.1 Å². The van der Waals surface area contributed by atoms with E-state index in [9.17, 15) is 14.7 Å². The number of hydrogen-bond donors (Lipinski definition) is 3. The van der Waals surface area contributed by atoms with Gasteiger partial charge >= 0.3 is 0 Å². The van der Waals surface area contributed by atoms with E-state index in [-0.39, 0.29) is 11.3 Å². The first kappa shape index (κ1) is 20.5. The second-order valence-electron chi connectivity index (χ2n) is 6.30. The van der Waals surface area contributed by atoms with Crippen molar-refractivity contribution >= 4 is 32.7 Å². The van der Waals surface area contributed by atoms with Crippen molar-refractivity contribution in [1.29, 1.82) is 0 Å². The van der Waals surface area contributed by atoms with Crippen LogP contribution in [0.2, 0.25) is 0 Å². The third kappa shape index (κ3) is 4.27. The van der Waals surface area contributed by atoms with Gasteiger partial charge in [-0.2, -0.15) is 0 Å². The van der Waals surface area contributed by atoms with Crippen molar-refractivity contribution in [3.05, 3.63) is 38.6 Å². The van der Waals surface area contributed by atoms with Gasteiger partial charge in [0, 0.05) is 16.4 Å². The Bertz CT molecular complexity index is 844. The van der Waals surface area contributed by atoms with Crippen molar-refractivity contribution in [2.24, 2.45) is 0 Å². The fourth-order valence-corrected chi connectivity index (χ4v) is 3.47. The minimum Gasteiger partial charge on any atom is -0.506 e. The molecule has 0 saturated heterocycles. The number of pyridine rings is 1. The molecule has 6 nitrogen and oxygen atoms in total. The van der Waals surface area contributed by atoms with E-state index in [0.29, 0.717) is 24.0 Å². The van der Waals surface area contributed by atoms with Crippen molar-refractivity contribution in [2.45, 2.75) is 33.7 Å². The third-order valence-electron chi connectivity index (χ3n) is 4.64. The molecular formula is C19H27BrN3O3+. The zero-order valence-corrected chi connectivity index (χ0v) is 17.1. The summed E-state index contributed by atoms with van der Waals surface area (Å²) in [7, 11) is 0. The van der Waals surface area contributed by atoms with Gasteiger partial charge in [-0.1, -0.05) is 22.9 Å². The number of rotatable bonds is 8. The molecule has 0 unspecified atom stereocenters. The predicted octanol–water partition coefficient (Wildman–Crippen LogP) is 1.53. The maximum Gasteiger partial charge on any atom is 0.267 e. The summed E-state index contributed by atoms with van der Waals surface area (Å²) in [6, 6.07) is 5.33. The van der Waals surface area contributed by atoms with E-state index in [4.69, 9.17) is 0 Å². The lowest BCUT2D eigenvalue weighted by Gasteiger charge is -2.17. The van der Waals surface area contributed by atoms with Crippen molar-refractivity contribution < 1.29 is 14.8 Å². The molecule has 26 heavy (non-hydrogen) atoms. The number of benzene rings is 1. The Kier molecular flexibility index (Phi) is 7.23. The lowest BCUT2D eigenvalue weighted by molar-refractivity contribution is -0.895. The molecule has 7 heteroatoms. The number of quaternary nitrogens is 1. The second kappa shape index (κ2) is 9.19. The standard InChI is InChI=1S/C19H26BrN3O3/c1-4-10-23-15-8-7-13(20)12-14(15)17(24)16(19(23)26)18(25)21-9-11-22(5-2)6-3/h7-8,12,24H,4-6,9-11H2,1-3H3,(H,21,25)/p+1. The Hall–Kier alpha value is -1.86. The quantitative estimate of drug-likeness (QED) is 0.601. The molecule has 1 aromatic heterocycles. The van der Waals surface area contributed by atoms with E-state index in [1.807, 2.05) is 13.0 Å². The van der Waals surface area contributed by atoms with E-state index in [0.717, 1.165) is 30.5 Å². The predicted molar refractivity (Wildman–Crippen MR) is 107 cm³/mol. The van der Waals surface area contributed by atoms with Crippen molar-refractivity contribution in [2.75, 3.05) is 26.2 Å². The van der Waals surface area contributed by atoms with Gasteiger partial charge in [0.1, 0.15) is 11.3 Å². The SMILES string of the molecule is CCCn1c(=O)c(C(=O)NCC[NH+](CC)CC)c(O)c2cc(Br)ccc21. The van der Waals surface area contributed by atoms with Gasteiger partial charge in [-0.05, 0) is 38.5 Å². The molecule has 0 bridgehead atoms. The second-order valence-corrected chi connectivity index (χ2v) is 7.22. The molecule has 0 radical (unpaired) electrons. The third-order valence-corrected chi connectivity index (χ3v) is 5.13. The summed E-state index contributed by atoms with van der Waals surface area (Å²) in [5, 5.41) is 13.9. The minimum absolute atomic E-state index is 0.182. The summed E-state index contributed by atoms with van der Waals surface area (Å²) in [5.41, 5.74) is -0.00728. The zero-order chi connectivity index (χ0) is 19.3. The van der Waals surface area contributed by atoms with Crippen LogP contribution in [0.1, 0.15) is 37.6 Å². The molecular weight excluding hydrogens is 398 g/mol. The van der Waals surface area contributed by atoms with E-state index in [1.54, 1.807) is 16.7 Å². The fraction of sp³-hybridized carbons (Fsp3) is 0.474. The maximum atomic E-state index is 12.9. The number of amides is 1. The monoisotopic (exact) mass is 424 g/mol. The summed E-state index contributed by atoms with van der Waals surface area (Å²) < 4.78 is 2.34. The van der Waals surface area contributed by atoms with Gasteiger partial charge in [-0.3, -0.25) is 9.59 Å². The summed E-state index contributed by atoms with van der Waals surface area (Å²) in [4.78, 5) is 26.8. The number of aryl methyl sites for hydroxylation is 1. The van der Waals surface area contributed by atoms with Crippen LogP contribution < -0.4 is 15.8 Å². The Morgan fingerprint density at radius 3 is 2.58 bits per heavy atom. The molecule has 0 aliphatic rings. The van der Waals surface area contributed by atoms with Gasteiger partial charge in [-0.25, -0.2) is 0 Å². The molecule has 0 atom stereocenters. The summed E-state index contributed by atoms with van der Waals surface area (Å²) in [6.45, 7) is 9.84. The molecule has 1 aromatic carbocycles. The first-order valence-electron chi connectivity index (χ1n) is 9.11. The molecule has 0 aliphatic heterocycles. The number of aromatic hydroxyl groups is 1. The van der Waals surface area contributed by atoms with E-state index < -0.39 is 11.5 Å². The van der Waals surface area contributed by atoms with Gasteiger partial charge in [-0.15, -0.1) is 0 Å². The van der Waals surface area contributed by atoms with Crippen molar-refractivity contribution in [1.82, 2.24) is 9.88 Å². The van der Waals surface area contributed by atoms with Gasteiger partial charge in [0.25, 0.3) is 11.5 Å². The average molecular weight is 425 g/mol. The van der Waals surface area contributed by atoms with Crippen LogP contribution in [0, 0.1) is 0 Å².